The van der Waals surface area contributed by atoms with Gasteiger partial charge in [-0.1, -0.05) is 11.6 Å². The summed E-state index contributed by atoms with van der Waals surface area (Å²) in [6.07, 6.45) is 3.43. The molecule has 2 heterocycles. The molecular formula is C20H22ClN3O3S. The Morgan fingerprint density at radius 3 is 2.61 bits per heavy atom. The first-order valence-electron chi connectivity index (χ1n) is 8.93. The standard InChI is InChI=1S/C20H22ClN3O3S/c1-12-10-24(11-13(2)27-12)20(26)16-9-14(6-7-17(16)21)23-18(25)15-5-4-8-22-19(15)28-3/h4-9,12-13H,10-11H2,1-3H3,(H,23,25). The van der Waals surface area contributed by atoms with Crippen molar-refractivity contribution in [1.82, 2.24) is 9.88 Å². The van der Waals surface area contributed by atoms with Gasteiger partial charge in [0.1, 0.15) is 5.03 Å². The zero-order chi connectivity index (χ0) is 20.3. The van der Waals surface area contributed by atoms with E-state index in [0.717, 1.165) is 0 Å². The molecule has 148 valence electrons. The topological polar surface area (TPSA) is 71.5 Å². The molecule has 1 N–H and O–H groups in total. The summed E-state index contributed by atoms with van der Waals surface area (Å²) in [5.41, 5.74) is 1.34. The maximum Gasteiger partial charge on any atom is 0.258 e. The van der Waals surface area contributed by atoms with Crippen LogP contribution in [0.25, 0.3) is 0 Å². The molecule has 8 heteroatoms. The van der Waals surface area contributed by atoms with E-state index in [4.69, 9.17) is 16.3 Å². The third kappa shape index (κ3) is 4.66. The molecule has 1 aliphatic heterocycles. The van der Waals surface area contributed by atoms with Gasteiger partial charge in [0.15, 0.2) is 0 Å². The first-order chi connectivity index (χ1) is 13.4. The van der Waals surface area contributed by atoms with E-state index < -0.39 is 0 Å². The first-order valence-corrected chi connectivity index (χ1v) is 10.5. The van der Waals surface area contributed by atoms with Crippen molar-refractivity contribution in [3.05, 3.63) is 52.7 Å². The number of halogens is 1. The van der Waals surface area contributed by atoms with Crippen LogP contribution in [0, 0.1) is 0 Å². The van der Waals surface area contributed by atoms with E-state index in [-0.39, 0.29) is 24.0 Å². The fourth-order valence-corrected chi connectivity index (χ4v) is 3.95. The van der Waals surface area contributed by atoms with Gasteiger partial charge in [-0.3, -0.25) is 9.59 Å². The highest BCUT2D eigenvalue weighted by atomic mass is 35.5. The molecule has 2 aromatic rings. The second kappa shape index (κ2) is 8.94. The quantitative estimate of drug-likeness (QED) is 0.759. The highest BCUT2D eigenvalue weighted by Gasteiger charge is 2.28. The van der Waals surface area contributed by atoms with Crippen LogP contribution >= 0.6 is 23.4 Å². The first kappa shape index (κ1) is 20.6. The molecular weight excluding hydrogens is 398 g/mol. The van der Waals surface area contributed by atoms with E-state index in [2.05, 4.69) is 10.3 Å². The van der Waals surface area contributed by atoms with Gasteiger partial charge in [-0.05, 0) is 50.4 Å². The van der Waals surface area contributed by atoms with Crippen molar-refractivity contribution < 1.29 is 14.3 Å². The molecule has 2 atom stereocenters. The number of anilines is 1. The van der Waals surface area contributed by atoms with E-state index in [0.29, 0.717) is 40.0 Å². The predicted molar refractivity (Wildman–Crippen MR) is 111 cm³/mol. The SMILES string of the molecule is CSc1ncccc1C(=O)Nc1ccc(Cl)c(C(=O)N2CC(C)OC(C)C2)c1. The highest BCUT2D eigenvalue weighted by molar-refractivity contribution is 7.98. The largest absolute Gasteiger partial charge is 0.372 e. The summed E-state index contributed by atoms with van der Waals surface area (Å²) in [6, 6.07) is 8.34. The average Bonchev–Trinajstić information content (AvgIpc) is 2.68. The summed E-state index contributed by atoms with van der Waals surface area (Å²) >= 11 is 7.68. The van der Waals surface area contributed by atoms with Crippen molar-refractivity contribution in [2.24, 2.45) is 0 Å². The van der Waals surface area contributed by atoms with Gasteiger partial charge in [0.2, 0.25) is 0 Å². The molecule has 0 saturated carbocycles. The minimum Gasteiger partial charge on any atom is -0.372 e. The number of hydrogen-bond acceptors (Lipinski definition) is 5. The number of pyridine rings is 1. The number of carbonyl (C=O) groups excluding carboxylic acids is 2. The minimum atomic E-state index is -0.285. The molecule has 1 aliphatic rings. The van der Waals surface area contributed by atoms with E-state index in [1.807, 2.05) is 20.1 Å². The van der Waals surface area contributed by atoms with Crippen molar-refractivity contribution in [2.45, 2.75) is 31.1 Å². The number of nitrogens with zero attached hydrogens (tertiary/aromatic N) is 2. The zero-order valence-electron chi connectivity index (χ0n) is 15.9. The third-order valence-electron chi connectivity index (χ3n) is 4.37. The number of morpholine rings is 1. The Balaban J connectivity index is 1.81. The monoisotopic (exact) mass is 419 g/mol. The Kier molecular flexibility index (Phi) is 6.59. The summed E-state index contributed by atoms with van der Waals surface area (Å²) < 4.78 is 5.69. The second-order valence-corrected chi connectivity index (χ2v) is 7.88. The number of aromatic nitrogens is 1. The van der Waals surface area contributed by atoms with Crippen LogP contribution in [0.3, 0.4) is 0 Å². The van der Waals surface area contributed by atoms with E-state index >= 15 is 0 Å². The summed E-state index contributed by atoms with van der Waals surface area (Å²) in [4.78, 5) is 31.6. The third-order valence-corrected chi connectivity index (χ3v) is 5.41. The molecule has 1 saturated heterocycles. The maximum absolute atomic E-state index is 13.0. The molecule has 1 fully saturated rings. The van der Waals surface area contributed by atoms with E-state index in [1.54, 1.807) is 41.4 Å². The summed E-state index contributed by atoms with van der Waals surface area (Å²) in [5.74, 6) is -0.457. The van der Waals surface area contributed by atoms with Crippen molar-refractivity contribution in [3.63, 3.8) is 0 Å². The summed E-state index contributed by atoms with van der Waals surface area (Å²) in [6.45, 7) is 4.88. The van der Waals surface area contributed by atoms with Crippen LogP contribution in [0.15, 0.2) is 41.6 Å². The highest BCUT2D eigenvalue weighted by Crippen LogP contribution is 2.25. The van der Waals surface area contributed by atoms with Gasteiger partial charge in [-0.15, -0.1) is 11.8 Å². The lowest BCUT2D eigenvalue weighted by Crippen LogP contribution is -2.48. The second-order valence-electron chi connectivity index (χ2n) is 6.68. The van der Waals surface area contributed by atoms with Gasteiger partial charge < -0.3 is 15.0 Å². The lowest BCUT2D eigenvalue weighted by molar-refractivity contribution is -0.0586. The lowest BCUT2D eigenvalue weighted by atomic mass is 10.1. The van der Waals surface area contributed by atoms with Crippen molar-refractivity contribution >= 4 is 40.9 Å². The predicted octanol–water partition coefficient (Wildman–Crippen LogP) is 3.96. The van der Waals surface area contributed by atoms with Crippen LogP contribution in [0.4, 0.5) is 5.69 Å². The van der Waals surface area contributed by atoms with Crippen molar-refractivity contribution in [1.29, 1.82) is 0 Å². The van der Waals surface area contributed by atoms with Crippen molar-refractivity contribution in [3.8, 4) is 0 Å². The number of benzene rings is 1. The zero-order valence-corrected chi connectivity index (χ0v) is 17.5. The molecule has 2 unspecified atom stereocenters. The molecule has 28 heavy (non-hydrogen) atoms. The average molecular weight is 420 g/mol. The number of hydrogen-bond donors (Lipinski definition) is 1. The number of carbonyl (C=O) groups is 2. The number of rotatable bonds is 4. The van der Waals surface area contributed by atoms with Crippen LogP contribution < -0.4 is 5.32 Å². The molecule has 0 aliphatic carbocycles. The van der Waals surface area contributed by atoms with Crippen LogP contribution in [0.1, 0.15) is 34.6 Å². The molecule has 1 aromatic carbocycles. The number of thioether (sulfide) groups is 1. The fraction of sp³-hybridized carbons (Fsp3) is 0.350. The molecule has 6 nitrogen and oxygen atoms in total. The van der Waals surface area contributed by atoms with Gasteiger partial charge in [0, 0.05) is 25.0 Å². The Morgan fingerprint density at radius 2 is 1.93 bits per heavy atom. The van der Waals surface area contributed by atoms with Crippen LogP contribution in [-0.4, -0.2) is 53.3 Å². The molecule has 0 spiro atoms. The number of ether oxygens (including phenoxy) is 1. The van der Waals surface area contributed by atoms with Gasteiger partial charge in [0.05, 0.1) is 28.4 Å². The Morgan fingerprint density at radius 1 is 1.21 bits per heavy atom. The minimum absolute atomic E-state index is 0.0371. The maximum atomic E-state index is 13.0. The van der Waals surface area contributed by atoms with Gasteiger partial charge in [-0.2, -0.15) is 0 Å². The Hall–Kier alpha value is -2.09. The summed E-state index contributed by atoms with van der Waals surface area (Å²) in [5, 5.41) is 3.82. The summed E-state index contributed by atoms with van der Waals surface area (Å²) in [7, 11) is 0. The molecule has 2 amide bonds. The number of nitrogens with one attached hydrogen (secondary N) is 1. The van der Waals surface area contributed by atoms with Gasteiger partial charge in [-0.25, -0.2) is 4.98 Å². The van der Waals surface area contributed by atoms with Crippen LogP contribution in [-0.2, 0) is 4.74 Å². The van der Waals surface area contributed by atoms with E-state index in [1.165, 1.54) is 11.8 Å². The smallest absolute Gasteiger partial charge is 0.258 e. The fourth-order valence-electron chi connectivity index (χ4n) is 3.21. The van der Waals surface area contributed by atoms with Crippen LogP contribution in [0.5, 0.6) is 0 Å². The van der Waals surface area contributed by atoms with Crippen LogP contribution in [0.2, 0.25) is 5.02 Å². The molecule has 0 radical (unpaired) electrons. The van der Waals surface area contributed by atoms with Gasteiger partial charge >= 0.3 is 0 Å². The molecule has 3 rings (SSSR count). The Labute approximate surface area is 173 Å². The number of amides is 2. The van der Waals surface area contributed by atoms with E-state index in [9.17, 15) is 9.59 Å². The van der Waals surface area contributed by atoms with Gasteiger partial charge in [0.25, 0.3) is 11.8 Å². The lowest BCUT2D eigenvalue weighted by Gasteiger charge is -2.35. The Bertz CT molecular complexity index is 883. The normalized spacial score (nSPS) is 19.4. The molecule has 1 aromatic heterocycles. The van der Waals surface area contributed by atoms with Crippen molar-refractivity contribution in [2.75, 3.05) is 24.7 Å². The molecule has 0 bridgehead atoms.